The van der Waals surface area contributed by atoms with E-state index in [2.05, 4.69) is 34.9 Å². The zero-order valence-electron chi connectivity index (χ0n) is 13.5. The molecule has 0 aliphatic heterocycles. The summed E-state index contributed by atoms with van der Waals surface area (Å²) in [4.78, 5) is 11.8. The first-order chi connectivity index (χ1) is 10.8. The van der Waals surface area contributed by atoms with Gasteiger partial charge in [-0.25, -0.2) is 4.79 Å². The number of methoxy groups -OCH3 is 1. The number of amides is 2. The van der Waals surface area contributed by atoms with Crippen molar-refractivity contribution in [1.82, 2.24) is 10.6 Å². The summed E-state index contributed by atoms with van der Waals surface area (Å²) >= 11 is 0. The first-order valence-electron chi connectivity index (χ1n) is 8.39. The largest absolute Gasteiger partial charge is 0.381 e. The molecule has 2 rings (SSSR count). The molecule has 22 heavy (non-hydrogen) atoms. The summed E-state index contributed by atoms with van der Waals surface area (Å²) in [5, 5.41) is 6.03. The number of nitrogens with one attached hydrogen (secondary N) is 2. The Balaban J connectivity index is 1.51. The molecule has 2 N–H and O–H groups in total. The predicted octanol–water partition coefficient (Wildman–Crippen LogP) is 3.27. The van der Waals surface area contributed by atoms with E-state index in [1.807, 2.05) is 6.07 Å². The summed E-state index contributed by atoms with van der Waals surface area (Å²) in [6.45, 7) is 0.742. The predicted molar refractivity (Wildman–Crippen MR) is 89.0 cm³/mol. The average molecular weight is 304 g/mol. The second kappa shape index (κ2) is 9.46. The van der Waals surface area contributed by atoms with Crippen LogP contribution in [0.15, 0.2) is 30.3 Å². The number of benzene rings is 1. The lowest BCUT2D eigenvalue weighted by molar-refractivity contribution is 0.0635. The van der Waals surface area contributed by atoms with Crippen LogP contribution in [0, 0.1) is 0 Å². The van der Waals surface area contributed by atoms with Gasteiger partial charge in [0.15, 0.2) is 0 Å². The molecule has 0 spiro atoms. The molecule has 0 saturated heterocycles. The van der Waals surface area contributed by atoms with E-state index in [9.17, 15) is 4.79 Å². The highest BCUT2D eigenvalue weighted by Gasteiger charge is 2.21. The Morgan fingerprint density at radius 2 is 1.86 bits per heavy atom. The molecule has 0 radical (unpaired) electrons. The third kappa shape index (κ3) is 6.06. The summed E-state index contributed by atoms with van der Waals surface area (Å²) in [6, 6.07) is 10.7. The van der Waals surface area contributed by atoms with E-state index in [0.29, 0.717) is 12.1 Å². The van der Waals surface area contributed by atoms with Crippen molar-refractivity contribution < 1.29 is 9.53 Å². The Morgan fingerprint density at radius 3 is 2.55 bits per heavy atom. The minimum Gasteiger partial charge on any atom is -0.381 e. The van der Waals surface area contributed by atoms with Gasteiger partial charge in [-0.2, -0.15) is 0 Å². The molecule has 1 aromatic carbocycles. The minimum absolute atomic E-state index is 0.0272. The first-order valence-corrected chi connectivity index (χ1v) is 8.39. The fourth-order valence-corrected chi connectivity index (χ4v) is 2.98. The maximum absolute atomic E-state index is 11.8. The van der Waals surface area contributed by atoms with Gasteiger partial charge in [-0.1, -0.05) is 30.3 Å². The number of rotatable bonds is 7. The van der Waals surface area contributed by atoms with Gasteiger partial charge in [0.2, 0.25) is 0 Å². The van der Waals surface area contributed by atoms with Crippen molar-refractivity contribution in [3.63, 3.8) is 0 Å². The maximum atomic E-state index is 11.8. The molecule has 4 heteroatoms. The fraction of sp³-hybridized carbons (Fsp3) is 0.611. The Morgan fingerprint density at radius 1 is 1.14 bits per heavy atom. The number of ether oxygens (including phenoxy) is 1. The lowest BCUT2D eigenvalue weighted by Crippen LogP contribution is -2.44. The molecule has 2 amide bonds. The van der Waals surface area contributed by atoms with Crippen LogP contribution in [0.4, 0.5) is 4.79 Å². The minimum atomic E-state index is -0.0272. The number of hydrogen-bond acceptors (Lipinski definition) is 2. The van der Waals surface area contributed by atoms with Crippen LogP contribution in [-0.4, -0.2) is 31.8 Å². The highest BCUT2D eigenvalue weighted by Crippen LogP contribution is 2.20. The SMILES string of the molecule is COC1CCC(NC(=O)NCCCCc2ccccc2)CC1. The Labute approximate surface area is 133 Å². The summed E-state index contributed by atoms with van der Waals surface area (Å²) in [5.74, 6) is 0. The van der Waals surface area contributed by atoms with Crippen LogP contribution in [0.25, 0.3) is 0 Å². The van der Waals surface area contributed by atoms with E-state index in [4.69, 9.17) is 4.74 Å². The molecule has 1 fully saturated rings. The number of hydrogen-bond donors (Lipinski definition) is 2. The third-order valence-corrected chi connectivity index (χ3v) is 4.36. The maximum Gasteiger partial charge on any atom is 0.315 e. The first kappa shape index (κ1) is 16.8. The summed E-state index contributed by atoms with van der Waals surface area (Å²) in [5.41, 5.74) is 1.36. The van der Waals surface area contributed by atoms with Crippen LogP contribution in [0.5, 0.6) is 0 Å². The zero-order chi connectivity index (χ0) is 15.6. The molecule has 122 valence electrons. The van der Waals surface area contributed by atoms with Gasteiger partial charge in [-0.3, -0.25) is 0 Å². The molecule has 0 unspecified atom stereocenters. The number of urea groups is 1. The van der Waals surface area contributed by atoms with Crippen molar-refractivity contribution in [3.05, 3.63) is 35.9 Å². The van der Waals surface area contributed by atoms with Crippen LogP contribution in [0.3, 0.4) is 0 Å². The molecular formula is C18H28N2O2. The zero-order valence-corrected chi connectivity index (χ0v) is 13.5. The van der Waals surface area contributed by atoms with Crippen LogP contribution < -0.4 is 10.6 Å². The van der Waals surface area contributed by atoms with Crippen molar-refractivity contribution in [2.75, 3.05) is 13.7 Å². The molecule has 1 aliphatic rings. The van der Waals surface area contributed by atoms with E-state index in [0.717, 1.165) is 51.5 Å². The third-order valence-electron chi connectivity index (χ3n) is 4.36. The Hall–Kier alpha value is -1.55. The van der Waals surface area contributed by atoms with Gasteiger partial charge in [0, 0.05) is 19.7 Å². The van der Waals surface area contributed by atoms with Crippen LogP contribution in [0.1, 0.15) is 44.1 Å². The van der Waals surface area contributed by atoms with E-state index in [1.54, 1.807) is 7.11 Å². The number of carbonyl (C=O) groups is 1. The van der Waals surface area contributed by atoms with Crippen molar-refractivity contribution in [2.24, 2.45) is 0 Å². The Kier molecular flexibility index (Phi) is 7.23. The van der Waals surface area contributed by atoms with Crippen molar-refractivity contribution in [3.8, 4) is 0 Å². The quantitative estimate of drug-likeness (QED) is 0.760. The molecule has 4 nitrogen and oxygen atoms in total. The topological polar surface area (TPSA) is 50.4 Å². The van der Waals surface area contributed by atoms with Gasteiger partial charge in [0.05, 0.1) is 6.10 Å². The summed E-state index contributed by atoms with van der Waals surface area (Å²) in [7, 11) is 1.76. The van der Waals surface area contributed by atoms with Gasteiger partial charge in [-0.15, -0.1) is 0 Å². The molecule has 0 heterocycles. The molecular weight excluding hydrogens is 276 g/mol. The van der Waals surface area contributed by atoms with Crippen molar-refractivity contribution in [1.29, 1.82) is 0 Å². The van der Waals surface area contributed by atoms with Gasteiger partial charge >= 0.3 is 6.03 Å². The normalized spacial score (nSPS) is 21.3. The van der Waals surface area contributed by atoms with Crippen LogP contribution >= 0.6 is 0 Å². The molecule has 1 saturated carbocycles. The van der Waals surface area contributed by atoms with Crippen molar-refractivity contribution in [2.45, 2.75) is 57.1 Å². The van der Waals surface area contributed by atoms with E-state index >= 15 is 0 Å². The Bertz CT molecular complexity index is 428. The second-order valence-corrected chi connectivity index (χ2v) is 6.05. The fourth-order valence-electron chi connectivity index (χ4n) is 2.98. The number of aryl methyl sites for hydroxylation is 1. The van der Waals surface area contributed by atoms with E-state index in [-0.39, 0.29) is 6.03 Å². The molecule has 1 aliphatic carbocycles. The van der Waals surface area contributed by atoms with E-state index < -0.39 is 0 Å². The highest BCUT2D eigenvalue weighted by molar-refractivity contribution is 5.74. The van der Waals surface area contributed by atoms with Gasteiger partial charge in [0.1, 0.15) is 0 Å². The standard InChI is InChI=1S/C18H28N2O2/c1-22-17-12-10-16(11-13-17)20-18(21)19-14-6-5-9-15-7-3-2-4-8-15/h2-4,7-8,16-17H,5-6,9-14H2,1H3,(H2,19,20,21). The van der Waals surface area contributed by atoms with Crippen molar-refractivity contribution >= 4 is 6.03 Å². The monoisotopic (exact) mass is 304 g/mol. The lowest BCUT2D eigenvalue weighted by Gasteiger charge is -2.28. The summed E-state index contributed by atoms with van der Waals surface area (Å²) < 4.78 is 5.34. The summed E-state index contributed by atoms with van der Waals surface area (Å²) in [6.07, 6.45) is 7.67. The van der Waals surface area contributed by atoms with Gasteiger partial charge in [0.25, 0.3) is 0 Å². The smallest absolute Gasteiger partial charge is 0.315 e. The van der Waals surface area contributed by atoms with Gasteiger partial charge in [-0.05, 0) is 50.5 Å². The van der Waals surface area contributed by atoms with Crippen LogP contribution in [-0.2, 0) is 11.2 Å². The van der Waals surface area contributed by atoms with Gasteiger partial charge < -0.3 is 15.4 Å². The average Bonchev–Trinajstić information content (AvgIpc) is 2.56. The molecule has 1 aromatic rings. The number of unbranched alkanes of at least 4 members (excludes halogenated alkanes) is 1. The lowest BCUT2D eigenvalue weighted by atomic mass is 9.93. The molecule has 0 bridgehead atoms. The van der Waals surface area contributed by atoms with Crippen LogP contribution in [0.2, 0.25) is 0 Å². The second-order valence-electron chi connectivity index (χ2n) is 6.05. The highest BCUT2D eigenvalue weighted by atomic mass is 16.5. The molecule has 0 atom stereocenters. The van der Waals surface area contributed by atoms with E-state index in [1.165, 1.54) is 5.56 Å². The number of carbonyl (C=O) groups excluding carboxylic acids is 1. The molecule has 0 aromatic heterocycles.